The quantitative estimate of drug-likeness (QED) is 0.355. The molecule has 2 nitrogen and oxygen atoms in total. The lowest BCUT2D eigenvalue weighted by molar-refractivity contribution is 0.870. The second kappa shape index (κ2) is 3.86. The molecule has 0 N–H and O–H groups in total. The molecule has 0 unspecified atom stereocenters. The highest BCUT2D eigenvalue weighted by atomic mass is 15.0. The van der Waals surface area contributed by atoms with Crippen molar-refractivity contribution in [3.05, 3.63) is 95.8 Å². The van der Waals surface area contributed by atoms with E-state index in [4.69, 9.17) is 0 Å². The zero-order valence-electron chi connectivity index (χ0n) is 13.5. The molecule has 4 heterocycles. The lowest BCUT2D eigenvalue weighted by Crippen LogP contribution is -2.21. The lowest BCUT2D eigenvalue weighted by Gasteiger charge is -2.34. The molecule has 2 aliphatic rings. The predicted octanol–water partition coefficient (Wildman–Crippen LogP) is 5.38. The lowest BCUT2D eigenvalue weighted by atomic mass is 9.78. The van der Waals surface area contributed by atoms with Crippen LogP contribution in [0.2, 0.25) is 0 Å². The maximum absolute atomic E-state index is 2.37. The SMILES string of the molecule is c1cc2c3c(c1)-n1ccc4cccc(c41)C3c1cccc3ccn-2c13. The van der Waals surface area contributed by atoms with Gasteiger partial charge in [0.2, 0.25) is 0 Å². The van der Waals surface area contributed by atoms with E-state index in [9.17, 15) is 0 Å². The minimum atomic E-state index is 0.309. The maximum atomic E-state index is 2.37. The van der Waals surface area contributed by atoms with Crippen LogP contribution in [0.4, 0.5) is 0 Å². The molecule has 0 spiro atoms. The van der Waals surface area contributed by atoms with E-state index >= 15 is 0 Å². The molecule has 3 aromatic carbocycles. The summed E-state index contributed by atoms with van der Waals surface area (Å²) in [5.74, 6) is 0.309. The van der Waals surface area contributed by atoms with Gasteiger partial charge in [-0.2, -0.15) is 0 Å². The summed E-state index contributed by atoms with van der Waals surface area (Å²) in [6.45, 7) is 0. The van der Waals surface area contributed by atoms with Crippen molar-refractivity contribution in [3.63, 3.8) is 0 Å². The molecular weight excluding hydrogens is 304 g/mol. The number of fused-ring (bicyclic) bond motifs is 4. The van der Waals surface area contributed by atoms with Gasteiger partial charge in [-0.05, 0) is 35.4 Å². The first-order valence-corrected chi connectivity index (χ1v) is 8.75. The van der Waals surface area contributed by atoms with Crippen molar-refractivity contribution in [1.82, 2.24) is 9.13 Å². The van der Waals surface area contributed by atoms with Gasteiger partial charge in [0.25, 0.3) is 0 Å². The average Bonchev–Trinajstić information content (AvgIpc) is 3.28. The summed E-state index contributed by atoms with van der Waals surface area (Å²) in [7, 11) is 0. The molecular formula is C23H14N2. The van der Waals surface area contributed by atoms with Crippen LogP contribution in [-0.2, 0) is 0 Å². The standard InChI is InChI=1S/C23H14N2/c1-4-14-10-12-24-18-8-3-9-19-21(18)20(16(6-1)22(14)24)17-7-2-5-15-11-13-25(19)23(15)17/h1-13,20H. The van der Waals surface area contributed by atoms with Gasteiger partial charge in [-0.1, -0.05) is 42.5 Å². The van der Waals surface area contributed by atoms with E-state index in [1.807, 2.05) is 0 Å². The molecule has 2 aliphatic heterocycles. The van der Waals surface area contributed by atoms with Gasteiger partial charge >= 0.3 is 0 Å². The molecule has 0 bridgehead atoms. The second-order valence-corrected chi connectivity index (χ2v) is 7.08. The number of rotatable bonds is 0. The highest BCUT2D eigenvalue weighted by Crippen LogP contribution is 2.50. The van der Waals surface area contributed by atoms with Crippen molar-refractivity contribution < 1.29 is 0 Å². The highest BCUT2D eigenvalue weighted by molar-refractivity contribution is 5.95. The van der Waals surface area contributed by atoms with Gasteiger partial charge in [-0.15, -0.1) is 0 Å². The molecule has 5 aromatic rings. The van der Waals surface area contributed by atoms with E-state index in [1.54, 1.807) is 0 Å². The molecule has 0 atom stereocenters. The van der Waals surface area contributed by atoms with Crippen LogP contribution in [0.15, 0.2) is 79.1 Å². The van der Waals surface area contributed by atoms with E-state index in [2.05, 4.69) is 88.3 Å². The zero-order valence-corrected chi connectivity index (χ0v) is 13.5. The Bertz CT molecular complexity index is 1250. The minimum absolute atomic E-state index is 0.309. The minimum Gasteiger partial charge on any atom is -0.316 e. The van der Waals surface area contributed by atoms with Gasteiger partial charge in [0.05, 0.1) is 22.4 Å². The number of nitrogens with zero attached hydrogens (tertiary/aromatic N) is 2. The Labute approximate surface area is 144 Å². The number of para-hydroxylation sites is 2. The molecule has 0 amide bonds. The van der Waals surface area contributed by atoms with Crippen molar-refractivity contribution in [1.29, 1.82) is 0 Å². The van der Waals surface area contributed by atoms with Gasteiger partial charge in [-0.25, -0.2) is 0 Å². The Hall–Kier alpha value is -3.26. The summed E-state index contributed by atoms with van der Waals surface area (Å²) in [6.07, 6.45) is 4.43. The molecule has 0 radical (unpaired) electrons. The van der Waals surface area contributed by atoms with Crippen LogP contribution in [0.5, 0.6) is 0 Å². The molecule has 116 valence electrons. The summed E-state index contributed by atoms with van der Waals surface area (Å²) >= 11 is 0. The van der Waals surface area contributed by atoms with Crippen molar-refractivity contribution in [2.45, 2.75) is 5.92 Å². The fourth-order valence-electron chi connectivity index (χ4n) is 5.05. The molecule has 0 saturated heterocycles. The summed E-state index contributed by atoms with van der Waals surface area (Å²) < 4.78 is 4.74. The van der Waals surface area contributed by atoms with Gasteiger partial charge in [-0.3, -0.25) is 0 Å². The monoisotopic (exact) mass is 318 g/mol. The van der Waals surface area contributed by atoms with Gasteiger partial charge in [0, 0.05) is 34.6 Å². The van der Waals surface area contributed by atoms with E-state index < -0.39 is 0 Å². The Balaban J connectivity index is 1.79. The van der Waals surface area contributed by atoms with Crippen molar-refractivity contribution in [2.75, 3.05) is 0 Å². The van der Waals surface area contributed by atoms with Crippen LogP contribution in [-0.4, -0.2) is 9.13 Å². The van der Waals surface area contributed by atoms with Crippen molar-refractivity contribution in [2.24, 2.45) is 0 Å². The molecule has 2 heteroatoms. The van der Waals surface area contributed by atoms with E-state index in [0.717, 1.165) is 0 Å². The number of hydrogen-bond donors (Lipinski definition) is 0. The second-order valence-electron chi connectivity index (χ2n) is 7.08. The largest absolute Gasteiger partial charge is 0.316 e. The Kier molecular flexibility index (Phi) is 1.88. The van der Waals surface area contributed by atoms with Crippen LogP contribution < -0.4 is 0 Å². The Morgan fingerprint density at radius 2 is 1.08 bits per heavy atom. The van der Waals surface area contributed by atoms with Crippen LogP contribution in [0.25, 0.3) is 33.2 Å². The molecule has 0 saturated carbocycles. The fraction of sp³-hybridized carbons (Fsp3) is 0.0435. The maximum Gasteiger partial charge on any atom is 0.0570 e. The molecule has 7 rings (SSSR count). The third-order valence-corrected chi connectivity index (χ3v) is 5.97. The third-order valence-electron chi connectivity index (χ3n) is 5.97. The zero-order chi connectivity index (χ0) is 16.1. The smallest absolute Gasteiger partial charge is 0.0570 e. The molecule has 2 aromatic heterocycles. The fourth-order valence-corrected chi connectivity index (χ4v) is 5.05. The molecule has 25 heavy (non-hydrogen) atoms. The summed E-state index contributed by atoms with van der Waals surface area (Å²) in [5, 5.41) is 2.64. The van der Waals surface area contributed by atoms with Gasteiger partial charge in [0.15, 0.2) is 0 Å². The number of aromatic nitrogens is 2. The van der Waals surface area contributed by atoms with E-state index in [1.165, 1.54) is 49.9 Å². The van der Waals surface area contributed by atoms with Crippen molar-refractivity contribution >= 4 is 21.8 Å². The van der Waals surface area contributed by atoms with Crippen LogP contribution in [0.1, 0.15) is 22.6 Å². The Morgan fingerprint density at radius 1 is 0.560 bits per heavy atom. The van der Waals surface area contributed by atoms with Gasteiger partial charge < -0.3 is 9.13 Å². The molecule has 0 aliphatic carbocycles. The normalized spacial score (nSPS) is 14.2. The highest BCUT2D eigenvalue weighted by Gasteiger charge is 2.35. The number of hydrogen-bond acceptors (Lipinski definition) is 0. The van der Waals surface area contributed by atoms with Crippen LogP contribution in [0, 0.1) is 0 Å². The topological polar surface area (TPSA) is 9.86 Å². The van der Waals surface area contributed by atoms with Crippen LogP contribution >= 0.6 is 0 Å². The Morgan fingerprint density at radius 3 is 1.64 bits per heavy atom. The first-order chi connectivity index (χ1) is 12.4. The van der Waals surface area contributed by atoms with Gasteiger partial charge in [0.1, 0.15) is 0 Å². The summed E-state index contributed by atoms with van der Waals surface area (Å²) in [5.41, 5.74) is 9.60. The van der Waals surface area contributed by atoms with E-state index in [0.29, 0.717) is 5.92 Å². The predicted molar refractivity (Wildman–Crippen MR) is 101 cm³/mol. The first-order valence-electron chi connectivity index (χ1n) is 8.75. The first kappa shape index (κ1) is 12.2. The average molecular weight is 318 g/mol. The summed E-state index contributed by atoms with van der Waals surface area (Å²) in [6, 6.07) is 24.6. The van der Waals surface area contributed by atoms with E-state index in [-0.39, 0.29) is 0 Å². The number of benzene rings is 3. The van der Waals surface area contributed by atoms with Crippen molar-refractivity contribution in [3.8, 4) is 11.4 Å². The third kappa shape index (κ3) is 1.24. The van der Waals surface area contributed by atoms with Crippen LogP contribution in [0.3, 0.4) is 0 Å². The summed E-state index contributed by atoms with van der Waals surface area (Å²) in [4.78, 5) is 0. The molecule has 0 fully saturated rings.